The predicted octanol–water partition coefficient (Wildman–Crippen LogP) is -3.32. The van der Waals surface area contributed by atoms with E-state index in [-0.39, 0.29) is 51.4 Å². The monoisotopic (exact) mass is 420 g/mol. The molecule has 0 aliphatic heterocycles. The minimum absolute atomic E-state index is 0.0228. The van der Waals surface area contributed by atoms with Gasteiger partial charge in [0.25, 0.3) is 0 Å². The number of aliphatic hydroxyl groups is 8. The molecule has 168 valence electrons. The van der Waals surface area contributed by atoms with Gasteiger partial charge in [0.1, 0.15) is 12.2 Å². The van der Waals surface area contributed by atoms with Gasteiger partial charge < -0.3 is 45.6 Å². The maximum atomic E-state index is 10.4. The van der Waals surface area contributed by atoms with Crippen LogP contribution in [0.1, 0.15) is 30.1 Å². The zero-order valence-corrected chi connectivity index (χ0v) is 16.2. The maximum absolute atomic E-state index is 10.4. The van der Waals surface area contributed by atoms with Crippen LogP contribution in [0.4, 0.5) is 0 Å². The quantitative estimate of drug-likeness (QED) is 0.141. The molecule has 0 spiro atoms. The number of hydrogen-bond acceptors (Lipinski definition) is 11. The normalized spacial score (nSPS) is 18.1. The third-order valence-corrected chi connectivity index (χ3v) is 4.58. The Morgan fingerprint density at radius 2 is 1.48 bits per heavy atom. The van der Waals surface area contributed by atoms with Crippen molar-refractivity contribution < 1.29 is 45.6 Å². The molecule has 1 rings (SSSR count). The Morgan fingerprint density at radius 1 is 0.793 bits per heavy atom. The Bertz CT molecular complexity index is 549. The van der Waals surface area contributed by atoms with Crippen molar-refractivity contribution in [2.45, 2.75) is 55.7 Å². The predicted molar refractivity (Wildman–Crippen MR) is 99.8 cm³/mol. The lowest BCUT2D eigenvalue weighted by atomic mass is 9.89. The van der Waals surface area contributed by atoms with Gasteiger partial charge in [0.15, 0.2) is 0 Å². The lowest BCUT2D eigenvalue weighted by molar-refractivity contribution is -0.0771. The molecule has 29 heavy (non-hydrogen) atoms. The van der Waals surface area contributed by atoms with Gasteiger partial charge in [-0.05, 0) is 12.8 Å². The van der Waals surface area contributed by atoms with Crippen LogP contribution in [0.5, 0.6) is 0 Å². The first-order valence-corrected chi connectivity index (χ1v) is 9.47. The maximum Gasteiger partial charge on any atom is 0.107 e. The van der Waals surface area contributed by atoms with Gasteiger partial charge in [-0.3, -0.25) is 9.97 Å². The average molecular weight is 420 g/mol. The third kappa shape index (κ3) is 8.16. The highest BCUT2D eigenvalue weighted by molar-refractivity contribution is 5.11. The van der Waals surface area contributed by atoms with Crippen molar-refractivity contribution in [2.24, 2.45) is 0 Å². The molecule has 0 bridgehead atoms. The van der Waals surface area contributed by atoms with Crippen molar-refractivity contribution in [1.82, 2.24) is 9.97 Å². The highest BCUT2D eigenvalue weighted by Gasteiger charge is 2.33. The summed E-state index contributed by atoms with van der Waals surface area (Å²) in [6.45, 7) is -1.37. The van der Waals surface area contributed by atoms with E-state index in [0.29, 0.717) is 5.69 Å². The summed E-state index contributed by atoms with van der Waals surface area (Å²) in [6.07, 6.45) is -3.65. The fourth-order valence-electron chi connectivity index (χ4n) is 2.90. The molecule has 0 aliphatic carbocycles. The van der Waals surface area contributed by atoms with Crippen LogP contribution >= 0.6 is 0 Å². The summed E-state index contributed by atoms with van der Waals surface area (Å²) in [6, 6.07) is 0. The minimum Gasteiger partial charge on any atom is -0.396 e. The van der Waals surface area contributed by atoms with E-state index < -0.39 is 43.0 Å². The second kappa shape index (κ2) is 13.9. The number of hydrogen-bond donors (Lipinski definition) is 8. The number of rotatable bonds is 15. The largest absolute Gasteiger partial charge is 0.396 e. The molecule has 1 unspecified atom stereocenters. The second-order valence-corrected chi connectivity index (χ2v) is 6.70. The second-order valence-electron chi connectivity index (χ2n) is 6.70. The number of ether oxygens (including phenoxy) is 1. The molecule has 0 amide bonds. The molecular weight excluding hydrogens is 388 g/mol. The van der Waals surface area contributed by atoms with Crippen molar-refractivity contribution in [3.63, 3.8) is 0 Å². The molecule has 0 saturated heterocycles. The van der Waals surface area contributed by atoms with E-state index in [1.807, 2.05) is 0 Å². The topological polar surface area (TPSA) is 197 Å². The van der Waals surface area contributed by atoms with Crippen LogP contribution in [0.15, 0.2) is 12.4 Å². The summed E-state index contributed by atoms with van der Waals surface area (Å²) in [7, 11) is 0. The fourth-order valence-corrected chi connectivity index (χ4v) is 2.90. The van der Waals surface area contributed by atoms with E-state index in [1.54, 1.807) is 0 Å². The molecule has 1 heterocycles. The number of aliphatic hydroxyl groups excluding tert-OH is 8. The van der Waals surface area contributed by atoms with Gasteiger partial charge >= 0.3 is 0 Å². The molecule has 11 nitrogen and oxygen atoms in total. The van der Waals surface area contributed by atoms with Crippen LogP contribution < -0.4 is 0 Å². The Morgan fingerprint density at radius 3 is 2.00 bits per heavy atom. The van der Waals surface area contributed by atoms with Gasteiger partial charge in [-0.2, -0.15) is 0 Å². The summed E-state index contributed by atoms with van der Waals surface area (Å²) >= 11 is 0. The molecule has 0 aliphatic rings. The zero-order valence-electron chi connectivity index (χ0n) is 16.2. The molecule has 0 radical (unpaired) electrons. The molecule has 0 fully saturated rings. The molecule has 11 heteroatoms. The Balaban J connectivity index is 2.84. The van der Waals surface area contributed by atoms with Crippen LogP contribution in [0.3, 0.4) is 0 Å². The fraction of sp³-hybridized carbons (Fsp3) is 0.778. The SMILES string of the molecule is OCCO[C@H](CO)[C@@H](O)Cc1cnc([C@@H](CCO)[C@H](O)[C@H](O)C(O)CCO)cn1. The van der Waals surface area contributed by atoms with Gasteiger partial charge in [0, 0.05) is 37.9 Å². The molecular formula is C18H32N2O9. The minimum atomic E-state index is -1.55. The average Bonchev–Trinajstić information content (AvgIpc) is 2.72. The van der Waals surface area contributed by atoms with E-state index in [4.69, 9.17) is 14.9 Å². The zero-order chi connectivity index (χ0) is 21.8. The van der Waals surface area contributed by atoms with Gasteiger partial charge in [-0.15, -0.1) is 0 Å². The van der Waals surface area contributed by atoms with E-state index >= 15 is 0 Å². The Hall–Kier alpha value is -1.28. The summed E-state index contributed by atoms with van der Waals surface area (Å²) < 4.78 is 5.14. The molecule has 1 aromatic heterocycles. The Kier molecular flexibility index (Phi) is 12.3. The summed E-state index contributed by atoms with van der Waals surface area (Å²) in [5.41, 5.74) is 0.653. The standard InChI is InChI=1S/C18H32N2O9/c21-3-1-12(17(27)18(28)14(25)2-4-22)13-9-19-11(8-20-13)7-15(26)16(10-24)29-6-5-23/h8-9,12,14-18,21-28H,1-7,10H2/t12-,14?,15+,16-,17+,18-/m1/s1. The number of nitrogens with zero attached hydrogens (tertiary/aromatic N) is 2. The van der Waals surface area contributed by atoms with Crippen LogP contribution in [0, 0.1) is 0 Å². The van der Waals surface area contributed by atoms with Gasteiger partial charge in [0.05, 0.1) is 49.5 Å². The third-order valence-electron chi connectivity index (χ3n) is 4.58. The molecule has 8 N–H and O–H groups in total. The summed E-state index contributed by atoms with van der Waals surface area (Å²) in [5, 5.41) is 76.5. The van der Waals surface area contributed by atoms with Crippen molar-refractivity contribution in [3.05, 3.63) is 23.8 Å². The summed E-state index contributed by atoms with van der Waals surface area (Å²) in [4.78, 5) is 8.33. The highest BCUT2D eigenvalue weighted by atomic mass is 16.5. The van der Waals surface area contributed by atoms with Gasteiger partial charge in [-0.25, -0.2) is 0 Å². The van der Waals surface area contributed by atoms with Gasteiger partial charge in [-0.1, -0.05) is 0 Å². The van der Waals surface area contributed by atoms with E-state index in [2.05, 4.69) is 9.97 Å². The smallest absolute Gasteiger partial charge is 0.107 e. The molecule has 1 aromatic rings. The van der Waals surface area contributed by atoms with Gasteiger partial charge in [0.2, 0.25) is 0 Å². The summed E-state index contributed by atoms with van der Waals surface area (Å²) in [5.74, 6) is -0.812. The van der Waals surface area contributed by atoms with Crippen molar-refractivity contribution >= 4 is 0 Å². The first-order valence-electron chi connectivity index (χ1n) is 9.47. The lowest BCUT2D eigenvalue weighted by Gasteiger charge is -2.28. The van der Waals surface area contributed by atoms with Crippen LogP contribution in [-0.4, -0.2) is 114 Å². The first kappa shape index (κ1) is 25.8. The molecule has 0 saturated carbocycles. The molecule has 6 atom stereocenters. The highest BCUT2D eigenvalue weighted by Crippen LogP contribution is 2.25. The van der Waals surface area contributed by atoms with Crippen LogP contribution in [0.25, 0.3) is 0 Å². The van der Waals surface area contributed by atoms with E-state index in [1.165, 1.54) is 12.4 Å². The number of aromatic nitrogens is 2. The molecule has 0 aromatic carbocycles. The first-order chi connectivity index (χ1) is 13.9. The lowest BCUT2D eigenvalue weighted by Crippen LogP contribution is -2.42. The van der Waals surface area contributed by atoms with E-state index in [9.17, 15) is 30.6 Å². The van der Waals surface area contributed by atoms with Crippen LogP contribution in [-0.2, 0) is 11.2 Å². The van der Waals surface area contributed by atoms with Crippen LogP contribution in [0.2, 0.25) is 0 Å². The van der Waals surface area contributed by atoms with Crippen molar-refractivity contribution in [1.29, 1.82) is 0 Å². The van der Waals surface area contributed by atoms with Crippen molar-refractivity contribution in [2.75, 3.05) is 33.0 Å². The van der Waals surface area contributed by atoms with Crippen molar-refractivity contribution in [3.8, 4) is 0 Å². The van der Waals surface area contributed by atoms with E-state index in [0.717, 1.165) is 0 Å². The Labute approximate surface area is 168 Å².